The normalized spacial score (nSPS) is 10.8. The minimum atomic E-state index is -0.345. The van der Waals surface area contributed by atoms with E-state index in [0.717, 1.165) is 33.0 Å². The van der Waals surface area contributed by atoms with E-state index in [4.69, 9.17) is 4.65 Å². The molecule has 0 heterocycles. The number of fused-ring (bicyclic) bond motifs is 3. The predicted octanol–water partition coefficient (Wildman–Crippen LogP) is 4.30. The van der Waals surface area contributed by atoms with Crippen LogP contribution in [0, 0.1) is 0 Å². The van der Waals surface area contributed by atoms with E-state index in [1.54, 1.807) is 0 Å². The van der Waals surface area contributed by atoms with Crippen LogP contribution in [0.5, 0.6) is 5.75 Å². The first-order chi connectivity index (χ1) is 11.4. The fourth-order valence-corrected chi connectivity index (χ4v) is 3.21. The molecule has 0 saturated carbocycles. The summed E-state index contributed by atoms with van der Waals surface area (Å²) in [5, 5.41) is 13.9. The first kappa shape index (κ1) is 13.9. The van der Waals surface area contributed by atoms with E-state index in [1.807, 2.05) is 42.5 Å². The van der Waals surface area contributed by atoms with Crippen LogP contribution >= 0.6 is 0 Å². The number of hydrogen-bond donors (Lipinski definition) is 1. The fourth-order valence-electron chi connectivity index (χ4n) is 3.21. The van der Waals surface area contributed by atoms with Crippen molar-refractivity contribution in [2.75, 3.05) is 0 Å². The fraction of sp³-hybridized carbons (Fsp3) is 0. The number of hydrogen-bond acceptors (Lipinski definition) is 2. The topological polar surface area (TPSA) is 29.5 Å². The summed E-state index contributed by atoms with van der Waals surface area (Å²) in [6, 6.07) is 26.7. The molecular formula is C20H15BO2. The van der Waals surface area contributed by atoms with Gasteiger partial charge in [0, 0.05) is 10.9 Å². The van der Waals surface area contributed by atoms with Gasteiger partial charge in [-0.3, -0.25) is 0 Å². The van der Waals surface area contributed by atoms with Gasteiger partial charge < -0.3 is 9.68 Å². The highest BCUT2D eigenvalue weighted by atomic mass is 16.5. The summed E-state index contributed by atoms with van der Waals surface area (Å²) >= 11 is 0. The van der Waals surface area contributed by atoms with Crippen LogP contribution in [-0.2, 0) is 0 Å². The highest BCUT2D eigenvalue weighted by Crippen LogP contribution is 2.43. The van der Waals surface area contributed by atoms with Crippen molar-refractivity contribution in [3.8, 4) is 16.9 Å². The van der Waals surface area contributed by atoms with Gasteiger partial charge in [-0.15, -0.1) is 0 Å². The van der Waals surface area contributed by atoms with Crippen molar-refractivity contribution in [2.24, 2.45) is 0 Å². The van der Waals surface area contributed by atoms with Gasteiger partial charge >= 0.3 is 7.69 Å². The third-order valence-corrected chi connectivity index (χ3v) is 4.16. The maximum absolute atomic E-state index is 9.40. The lowest BCUT2D eigenvalue weighted by atomic mass is 9.92. The first-order valence-electron chi connectivity index (χ1n) is 7.62. The van der Waals surface area contributed by atoms with E-state index >= 15 is 0 Å². The molecule has 4 rings (SSSR count). The summed E-state index contributed by atoms with van der Waals surface area (Å²) in [7, 11) is -0.345. The lowest BCUT2D eigenvalue weighted by Crippen LogP contribution is -2.02. The highest BCUT2D eigenvalue weighted by Gasteiger charge is 2.16. The quantitative estimate of drug-likeness (QED) is 0.451. The van der Waals surface area contributed by atoms with Crippen LogP contribution in [0.2, 0.25) is 0 Å². The van der Waals surface area contributed by atoms with Crippen molar-refractivity contribution in [3.05, 3.63) is 78.9 Å². The zero-order valence-corrected chi connectivity index (χ0v) is 12.6. The molecule has 110 valence electrons. The zero-order valence-electron chi connectivity index (χ0n) is 12.6. The minimum Gasteiger partial charge on any atom is -0.538 e. The zero-order chi connectivity index (χ0) is 15.6. The van der Waals surface area contributed by atoms with Crippen molar-refractivity contribution >= 4 is 29.2 Å². The van der Waals surface area contributed by atoms with Crippen molar-refractivity contribution < 1.29 is 9.68 Å². The molecule has 1 N–H and O–H groups in total. The van der Waals surface area contributed by atoms with Gasteiger partial charge in [-0.2, -0.15) is 0 Å². The summed E-state index contributed by atoms with van der Waals surface area (Å²) in [5.74, 6) is 0.730. The lowest BCUT2D eigenvalue weighted by molar-refractivity contribution is 0.458. The molecule has 4 aromatic carbocycles. The predicted molar refractivity (Wildman–Crippen MR) is 96.9 cm³/mol. The van der Waals surface area contributed by atoms with Gasteiger partial charge in [0.25, 0.3) is 0 Å². The van der Waals surface area contributed by atoms with Gasteiger partial charge in [0.05, 0.1) is 0 Å². The second-order valence-corrected chi connectivity index (χ2v) is 5.43. The van der Waals surface area contributed by atoms with E-state index in [0.29, 0.717) is 0 Å². The Morgan fingerprint density at radius 1 is 0.609 bits per heavy atom. The van der Waals surface area contributed by atoms with Gasteiger partial charge in [-0.25, -0.2) is 0 Å². The molecule has 0 fully saturated rings. The van der Waals surface area contributed by atoms with Crippen LogP contribution < -0.4 is 4.65 Å². The Bertz CT molecular complexity index is 981. The maximum atomic E-state index is 9.40. The lowest BCUT2D eigenvalue weighted by Gasteiger charge is -2.17. The van der Waals surface area contributed by atoms with E-state index in [2.05, 4.69) is 36.4 Å². The summed E-state index contributed by atoms with van der Waals surface area (Å²) in [5.41, 5.74) is 2.10. The Morgan fingerprint density at radius 2 is 1.13 bits per heavy atom. The summed E-state index contributed by atoms with van der Waals surface area (Å²) in [4.78, 5) is 0. The van der Waals surface area contributed by atoms with Crippen LogP contribution in [-0.4, -0.2) is 12.7 Å². The van der Waals surface area contributed by atoms with Crippen LogP contribution in [0.4, 0.5) is 0 Å². The van der Waals surface area contributed by atoms with E-state index in [1.165, 1.54) is 5.39 Å². The van der Waals surface area contributed by atoms with Crippen LogP contribution in [0.25, 0.3) is 32.7 Å². The molecule has 0 atom stereocenters. The summed E-state index contributed by atoms with van der Waals surface area (Å²) in [6.45, 7) is 0. The summed E-state index contributed by atoms with van der Waals surface area (Å²) in [6.07, 6.45) is 0. The van der Waals surface area contributed by atoms with Gasteiger partial charge in [0.2, 0.25) is 0 Å². The minimum absolute atomic E-state index is 0.345. The molecule has 0 unspecified atom stereocenters. The molecule has 0 radical (unpaired) electrons. The van der Waals surface area contributed by atoms with E-state index in [-0.39, 0.29) is 7.69 Å². The molecule has 0 aliphatic heterocycles. The van der Waals surface area contributed by atoms with Gasteiger partial charge in [-0.05, 0) is 21.7 Å². The monoisotopic (exact) mass is 298 g/mol. The second-order valence-electron chi connectivity index (χ2n) is 5.43. The van der Waals surface area contributed by atoms with Crippen molar-refractivity contribution in [1.29, 1.82) is 0 Å². The molecule has 0 spiro atoms. The molecule has 0 aliphatic carbocycles. The van der Waals surface area contributed by atoms with Crippen molar-refractivity contribution in [1.82, 2.24) is 0 Å². The Morgan fingerprint density at radius 3 is 1.78 bits per heavy atom. The van der Waals surface area contributed by atoms with Gasteiger partial charge in [0.1, 0.15) is 5.75 Å². The Kier molecular flexibility index (Phi) is 3.49. The Balaban J connectivity index is 2.23. The molecule has 0 amide bonds. The van der Waals surface area contributed by atoms with Crippen LogP contribution in [0.15, 0.2) is 78.9 Å². The standard InChI is InChI=1S/C20H15BO2/c22-21-23-20-18-13-7-5-11-16(18)15-10-4-6-12-17(15)19(20)14-8-2-1-3-9-14/h1-13,21-22H. The Labute approximate surface area is 135 Å². The molecule has 0 saturated heterocycles. The average molecular weight is 298 g/mol. The average Bonchev–Trinajstić information content (AvgIpc) is 2.63. The first-order valence-corrected chi connectivity index (χ1v) is 7.62. The van der Waals surface area contributed by atoms with E-state index < -0.39 is 0 Å². The van der Waals surface area contributed by atoms with Crippen molar-refractivity contribution in [3.63, 3.8) is 0 Å². The van der Waals surface area contributed by atoms with Crippen molar-refractivity contribution in [2.45, 2.75) is 0 Å². The molecule has 2 nitrogen and oxygen atoms in total. The third kappa shape index (κ3) is 2.26. The smallest absolute Gasteiger partial charge is 0.504 e. The molecule has 0 aliphatic rings. The number of rotatable bonds is 3. The Hall–Kier alpha value is -2.78. The maximum Gasteiger partial charge on any atom is 0.504 e. The van der Waals surface area contributed by atoms with Gasteiger partial charge in [-0.1, -0.05) is 78.9 Å². The molecular weight excluding hydrogens is 283 g/mol. The highest BCUT2D eigenvalue weighted by molar-refractivity contribution is 6.22. The van der Waals surface area contributed by atoms with Gasteiger partial charge in [0.15, 0.2) is 0 Å². The second kappa shape index (κ2) is 5.78. The molecule has 0 aromatic heterocycles. The molecule has 0 bridgehead atoms. The largest absolute Gasteiger partial charge is 0.538 e. The molecule has 3 heteroatoms. The molecule has 4 aromatic rings. The molecule has 23 heavy (non-hydrogen) atoms. The summed E-state index contributed by atoms with van der Waals surface area (Å²) < 4.78 is 5.67. The van der Waals surface area contributed by atoms with Crippen LogP contribution in [0.3, 0.4) is 0 Å². The number of benzene rings is 4. The van der Waals surface area contributed by atoms with Crippen LogP contribution in [0.1, 0.15) is 0 Å². The third-order valence-electron chi connectivity index (χ3n) is 4.16. The van der Waals surface area contributed by atoms with E-state index in [9.17, 15) is 5.02 Å². The SMILES string of the molecule is OBOc1c(-c2ccccc2)c2ccccc2c2ccccc12.